The number of aromatic nitrogens is 3. The van der Waals surface area contributed by atoms with Crippen LogP contribution < -0.4 is 5.14 Å². The van der Waals surface area contributed by atoms with E-state index in [1.807, 2.05) is 19.1 Å². The van der Waals surface area contributed by atoms with Crippen molar-refractivity contribution in [1.82, 2.24) is 18.9 Å². The average Bonchev–Trinajstić information content (AvgIpc) is 3.10. The summed E-state index contributed by atoms with van der Waals surface area (Å²) in [4.78, 5) is 4.53. The van der Waals surface area contributed by atoms with Crippen molar-refractivity contribution in [2.24, 2.45) is 11.1 Å². The number of nitrogens with two attached hydrogens (primary N) is 1. The summed E-state index contributed by atoms with van der Waals surface area (Å²) in [6.45, 7) is 2.55. The highest BCUT2D eigenvalue weighted by Crippen LogP contribution is 2.42. The van der Waals surface area contributed by atoms with E-state index >= 15 is 0 Å². The SMILES string of the molecule is Cc1cc([C@@H]2CCCN(S(N)(=O)=O)C2)n2nc([C@H]3CC[C@H](C(F)(F)F)CC3)cc2n1. The predicted molar refractivity (Wildman–Crippen MR) is 105 cm³/mol. The van der Waals surface area contributed by atoms with Gasteiger partial charge in [0.05, 0.1) is 17.3 Å². The standard InChI is InChI=1S/C19H26F3N5O2S/c1-12-9-17(14-3-2-8-26(11-14)30(23,28)29)27-18(24-12)10-16(25-27)13-4-6-15(7-5-13)19(20,21)22/h9-10,13-15H,2-8,11H2,1H3,(H2,23,28,29)/t13-,14-,15-/m1/s1. The van der Waals surface area contributed by atoms with Crippen LogP contribution in [0, 0.1) is 12.8 Å². The van der Waals surface area contributed by atoms with Crippen LogP contribution in [0.3, 0.4) is 0 Å². The Balaban J connectivity index is 1.61. The normalized spacial score (nSPS) is 26.9. The Morgan fingerprint density at radius 2 is 1.80 bits per heavy atom. The Kier molecular flexibility index (Phi) is 5.56. The van der Waals surface area contributed by atoms with Crippen molar-refractivity contribution in [3.8, 4) is 0 Å². The summed E-state index contributed by atoms with van der Waals surface area (Å²) in [6.07, 6.45) is -1.50. The minimum absolute atomic E-state index is 0.0225. The summed E-state index contributed by atoms with van der Waals surface area (Å²) in [5.74, 6) is -1.33. The van der Waals surface area contributed by atoms with E-state index in [0.29, 0.717) is 31.5 Å². The topological polar surface area (TPSA) is 93.6 Å². The fourth-order valence-corrected chi connectivity index (χ4v) is 5.54. The van der Waals surface area contributed by atoms with Gasteiger partial charge in [0.25, 0.3) is 10.2 Å². The molecule has 2 aromatic rings. The summed E-state index contributed by atoms with van der Waals surface area (Å²) in [5.41, 5.74) is 3.05. The minimum Gasteiger partial charge on any atom is -0.234 e. The summed E-state index contributed by atoms with van der Waals surface area (Å²) in [6, 6.07) is 3.76. The van der Waals surface area contributed by atoms with Gasteiger partial charge in [-0.3, -0.25) is 0 Å². The quantitative estimate of drug-likeness (QED) is 0.785. The number of piperidine rings is 1. The number of rotatable bonds is 3. The van der Waals surface area contributed by atoms with Crippen LogP contribution >= 0.6 is 0 Å². The van der Waals surface area contributed by atoms with Crippen LogP contribution in [0.4, 0.5) is 13.2 Å². The first-order valence-electron chi connectivity index (χ1n) is 10.2. The molecular formula is C19H26F3N5O2S. The second-order valence-electron chi connectivity index (χ2n) is 8.49. The molecule has 0 radical (unpaired) electrons. The molecule has 1 aliphatic heterocycles. The number of hydrogen-bond acceptors (Lipinski definition) is 4. The summed E-state index contributed by atoms with van der Waals surface area (Å²) in [7, 11) is -3.76. The average molecular weight is 446 g/mol. The van der Waals surface area contributed by atoms with Gasteiger partial charge in [-0.1, -0.05) is 0 Å². The first-order chi connectivity index (χ1) is 14.0. The maximum absolute atomic E-state index is 13.0. The fraction of sp³-hybridized carbons (Fsp3) is 0.684. The molecule has 1 saturated carbocycles. The number of fused-ring (bicyclic) bond motifs is 1. The summed E-state index contributed by atoms with van der Waals surface area (Å²) < 4.78 is 65.5. The molecule has 7 nitrogen and oxygen atoms in total. The number of halogens is 3. The van der Waals surface area contributed by atoms with Crippen molar-refractivity contribution in [1.29, 1.82) is 0 Å². The zero-order chi connectivity index (χ0) is 21.7. The Morgan fingerprint density at radius 3 is 2.43 bits per heavy atom. The van der Waals surface area contributed by atoms with Crippen LogP contribution in [-0.2, 0) is 10.2 Å². The van der Waals surface area contributed by atoms with Gasteiger partial charge >= 0.3 is 6.18 Å². The molecule has 2 aromatic heterocycles. The Hall–Kier alpha value is -1.72. The fourth-order valence-electron chi connectivity index (χ4n) is 4.77. The maximum Gasteiger partial charge on any atom is 0.391 e. The highest BCUT2D eigenvalue weighted by atomic mass is 32.2. The zero-order valence-electron chi connectivity index (χ0n) is 16.8. The van der Waals surface area contributed by atoms with Crippen LogP contribution in [0.15, 0.2) is 12.1 Å². The predicted octanol–water partition coefficient (Wildman–Crippen LogP) is 3.26. The molecule has 1 aliphatic carbocycles. The molecule has 2 fully saturated rings. The zero-order valence-corrected chi connectivity index (χ0v) is 17.6. The van der Waals surface area contributed by atoms with Gasteiger partial charge in [-0.25, -0.2) is 14.6 Å². The molecule has 2 aliphatic rings. The molecule has 0 unspecified atom stereocenters. The molecule has 0 spiro atoms. The van der Waals surface area contributed by atoms with Gasteiger partial charge in [0.2, 0.25) is 0 Å². The lowest BCUT2D eigenvalue weighted by Crippen LogP contribution is -2.43. The molecule has 4 rings (SSSR count). The van der Waals surface area contributed by atoms with Crippen LogP contribution in [0.1, 0.15) is 67.4 Å². The van der Waals surface area contributed by atoms with Gasteiger partial charge in [0.15, 0.2) is 5.65 Å². The van der Waals surface area contributed by atoms with Crippen molar-refractivity contribution >= 4 is 15.9 Å². The molecule has 11 heteroatoms. The molecule has 1 saturated heterocycles. The van der Waals surface area contributed by atoms with E-state index in [1.54, 1.807) is 4.52 Å². The highest BCUT2D eigenvalue weighted by molar-refractivity contribution is 7.86. The number of hydrogen-bond donors (Lipinski definition) is 1. The van der Waals surface area contributed by atoms with Gasteiger partial charge < -0.3 is 0 Å². The Labute approximate surface area is 173 Å². The third kappa shape index (κ3) is 4.33. The molecule has 30 heavy (non-hydrogen) atoms. The van der Waals surface area contributed by atoms with Gasteiger partial charge in [-0.05, 0) is 51.5 Å². The van der Waals surface area contributed by atoms with E-state index < -0.39 is 22.3 Å². The Morgan fingerprint density at radius 1 is 1.10 bits per heavy atom. The Bertz CT molecular complexity index is 1030. The summed E-state index contributed by atoms with van der Waals surface area (Å²) in [5, 5.41) is 10.0. The summed E-state index contributed by atoms with van der Waals surface area (Å²) >= 11 is 0. The molecule has 1 atom stereocenters. The van der Waals surface area contributed by atoms with Gasteiger partial charge in [-0.15, -0.1) is 0 Å². The first kappa shape index (κ1) is 21.5. The third-order valence-electron chi connectivity index (χ3n) is 6.37. The van der Waals surface area contributed by atoms with E-state index in [1.165, 1.54) is 4.31 Å². The monoisotopic (exact) mass is 445 g/mol. The molecule has 166 valence electrons. The number of nitrogens with zero attached hydrogens (tertiary/aromatic N) is 4. The lowest BCUT2D eigenvalue weighted by atomic mass is 9.80. The van der Waals surface area contributed by atoms with E-state index in [0.717, 1.165) is 23.5 Å². The molecule has 0 bridgehead atoms. The third-order valence-corrected chi connectivity index (χ3v) is 7.42. The highest BCUT2D eigenvalue weighted by Gasteiger charge is 2.42. The largest absolute Gasteiger partial charge is 0.391 e. The molecule has 3 heterocycles. The van der Waals surface area contributed by atoms with Gasteiger partial charge in [-0.2, -0.15) is 31.0 Å². The van der Waals surface area contributed by atoms with Crippen molar-refractivity contribution < 1.29 is 21.6 Å². The van der Waals surface area contributed by atoms with Crippen molar-refractivity contribution in [2.75, 3.05) is 13.1 Å². The van der Waals surface area contributed by atoms with Crippen molar-refractivity contribution in [2.45, 2.75) is 63.5 Å². The van der Waals surface area contributed by atoms with Gasteiger partial charge in [0.1, 0.15) is 0 Å². The maximum atomic E-state index is 13.0. The second kappa shape index (κ2) is 7.76. The molecule has 0 amide bonds. The second-order valence-corrected chi connectivity index (χ2v) is 10.0. The number of aryl methyl sites for hydroxylation is 1. The van der Waals surface area contributed by atoms with Crippen LogP contribution in [0.5, 0.6) is 0 Å². The molecule has 0 aromatic carbocycles. The lowest BCUT2D eigenvalue weighted by molar-refractivity contribution is -0.182. The van der Waals surface area contributed by atoms with E-state index in [-0.39, 0.29) is 31.2 Å². The number of alkyl halides is 3. The van der Waals surface area contributed by atoms with Crippen LogP contribution in [-0.4, -0.2) is 46.6 Å². The van der Waals surface area contributed by atoms with Crippen LogP contribution in [0.2, 0.25) is 0 Å². The van der Waals surface area contributed by atoms with Crippen LogP contribution in [0.25, 0.3) is 5.65 Å². The van der Waals surface area contributed by atoms with E-state index in [4.69, 9.17) is 10.2 Å². The van der Waals surface area contributed by atoms with E-state index in [2.05, 4.69) is 4.98 Å². The van der Waals surface area contributed by atoms with E-state index in [9.17, 15) is 21.6 Å². The molecular weight excluding hydrogens is 419 g/mol. The van der Waals surface area contributed by atoms with Crippen molar-refractivity contribution in [3.05, 3.63) is 29.2 Å². The first-order valence-corrected chi connectivity index (χ1v) is 11.7. The smallest absolute Gasteiger partial charge is 0.234 e. The van der Waals surface area contributed by atoms with Crippen molar-refractivity contribution in [3.63, 3.8) is 0 Å². The van der Waals surface area contributed by atoms with Gasteiger partial charge in [0, 0.05) is 36.7 Å². The lowest BCUT2D eigenvalue weighted by Gasteiger charge is -2.31. The molecule has 2 N–H and O–H groups in total. The minimum atomic E-state index is -4.13.